The molecule has 0 aliphatic rings. The van der Waals surface area contributed by atoms with Gasteiger partial charge in [0.25, 0.3) is 5.91 Å². The Bertz CT molecular complexity index is 637. The van der Waals surface area contributed by atoms with Crippen LogP contribution in [0.3, 0.4) is 0 Å². The summed E-state index contributed by atoms with van der Waals surface area (Å²) in [6.07, 6.45) is 0. The molecule has 0 atom stereocenters. The zero-order valence-corrected chi connectivity index (χ0v) is 12.7. The van der Waals surface area contributed by atoms with Gasteiger partial charge in [-0.1, -0.05) is 18.2 Å². The van der Waals surface area contributed by atoms with Crippen molar-refractivity contribution in [1.29, 1.82) is 0 Å². The molecule has 5 heteroatoms. The van der Waals surface area contributed by atoms with Crippen molar-refractivity contribution in [3.8, 4) is 5.75 Å². The highest BCUT2D eigenvalue weighted by molar-refractivity contribution is 5.99. The fourth-order valence-corrected chi connectivity index (χ4v) is 1.82. The van der Waals surface area contributed by atoms with Crippen molar-refractivity contribution >= 4 is 17.3 Å². The molecule has 0 bridgehead atoms. The first-order valence-corrected chi connectivity index (χ1v) is 6.95. The minimum Gasteiger partial charge on any atom is -0.497 e. The Kier molecular flexibility index (Phi) is 5.54. The number of hydrogen-bond donors (Lipinski definition) is 2. The van der Waals surface area contributed by atoms with Gasteiger partial charge in [-0.2, -0.15) is 5.10 Å². The van der Waals surface area contributed by atoms with E-state index < -0.39 is 0 Å². The molecule has 0 spiro atoms. The van der Waals surface area contributed by atoms with E-state index in [4.69, 9.17) is 4.74 Å². The van der Waals surface area contributed by atoms with Crippen LogP contribution in [0.1, 0.15) is 12.5 Å². The van der Waals surface area contributed by atoms with Crippen molar-refractivity contribution in [1.82, 2.24) is 5.43 Å². The van der Waals surface area contributed by atoms with Crippen molar-refractivity contribution in [2.24, 2.45) is 5.10 Å². The van der Waals surface area contributed by atoms with E-state index in [-0.39, 0.29) is 12.5 Å². The number of carbonyl (C=O) groups is 1. The number of anilines is 1. The van der Waals surface area contributed by atoms with Crippen LogP contribution in [0.5, 0.6) is 5.75 Å². The summed E-state index contributed by atoms with van der Waals surface area (Å²) in [7, 11) is 1.62. The average molecular weight is 297 g/mol. The van der Waals surface area contributed by atoms with Crippen LogP contribution in [0, 0.1) is 0 Å². The van der Waals surface area contributed by atoms with Crippen LogP contribution in [0.15, 0.2) is 59.7 Å². The second kappa shape index (κ2) is 7.83. The van der Waals surface area contributed by atoms with E-state index in [9.17, 15) is 4.79 Å². The van der Waals surface area contributed by atoms with E-state index in [1.807, 2.05) is 61.5 Å². The van der Waals surface area contributed by atoms with Crippen molar-refractivity contribution in [2.45, 2.75) is 6.92 Å². The molecule has 114 valence electrons. The molecule has 0 unspecified atom stereocenters. The number of amides is 1. The van der Waals surface area contributed by atoms with E-state index >= 15 is 0 Å². The van der Waals surface area contributed by atoms with E-state index in [1.54, 1.807) is 7.11 Å². The third-order valence-electron chi connectivity index (χ3n) is 3.08. The van der Waals surface area contributed by atoms with Gasteiger partial charge in [0.1, 0.15) is 5.75 Å². The summed E-state index contributed by atoms with van der Waals surface area (Å²) >= 11 is 0. The SMILES string of the molecule is COc1ccc(/C(C)=N/NC(=O)CNc2ccccc2)cc1. The molecule has 0 aliphatic heterocycles. The number of hydrogen-bond acceptors (Lipinski definition) is 4. The largest absolute Gasteiger partial charge is 0.497 e. The number of para-hydroxylation sites is 1. The molecule has 0 radical (unpaired) electrons. The Morgan fingerprint density at radius 1 is 1.09 bits per heavy atom. The highest BCUT2D eigenvalue weighted by Gasteiger charge is 2.02. The van der Waals surface area contributed by atoms with Gasteiger partial charge in [-0.3, -0.25) is 4.79 Å². The zero-order chi connectivity index (χ0) is 15.8. The van der Waals surface area contributed by atoms with Crippen LogP contribution >= 0.6 is 0 Å². The number of nitrogens with one attached hydrogen (secondary N) is 2. The van der Waals surface area contributed by atoms with Gasteiger partial charge in [-0.05, 0) is 48.9 Å². The van der Waals surface area contributed by atoms with Crippen molar-refractivity contribution in [3.05, 3.63) is 60.2 Å². The quantitative estimate of drug-likeness (QED) is 0.636. The number of benzene rings is 2. The molecule has 5 nitrogen and oxygen atoms in total. The molecular weight excluding hydrogens is 278 g/mol. The van der Waals surface area contributed by atoms with Crippen molar-refractivity contribution in [3.63, 3.8) is 0 Å². The Hall–Kier alpha value is -2.82. The molecule has 0 aliphatic carbocycles. The highest BCUT2D eigenvalue weighted by atomic mass is 16.5. The normalized spacial score (nSPS) is 10.9. The number of hydrazone groups is 1. The summed E-state index contributed by atoms with van der Waals surface area (Å²) in [6, 6.07) is 17.0. The molecule has 2 rings (SSSR count). The van der Waals surface area contributed by atoms with E-state index in [0.29, 0.717) is 0 Å². The van der Waals surface area contributed by atoms with Crippen LogP contribution in [-0.2, 0) is 4.79 Å². The number of nitrogens with zero attached hydrogens (tertiary/aromatic N) is 1. The van der Waals surface area contributed by atoms with Crippen LogP contribution < -0.4 is 15.5 Å². The standard InChI is InChI=1S/C17H19N3O2/c1-13(14-8-10-16(22-2)11-9-14)19-20-17(21)12-18-15-6-4-3-5-7-15/h3-11,18H,12H2,1-2H3,(H,20,21)/b19-13+. The van der Waals surface area contributed by atoms with E-state index in [1.165, 1.54) is 0 Å². The van der Waals surface area contributed by atoms with Gasteiger partial charge in [0, 0.05) is 5.69 Å². The third kappa shape index (κ3) is 4.63. The second-order valence-corrected chi connectivity index (χ2v) is 4.68. The monoisotopic (exact) mass is 297 g/mol. The topological polar surface area (TPSA) is 62.7 Å². The van der Waals surface area contributed by atoms with Gasteiger partial charge >= 0.3 is 0 Å². The van der Waals surface area contributed by atoms with E-state index in [0.717, 1.165) is 22.7 Å². The predicted molar refractivity (Wildman–Crippen MR) is 88.3 cm³/mol. The predicted octanol–water partition coefficient (Wildman–Crippen LogP) is 2.65. The molecule has 22 heavy (non-hydrogen) atoms. The zero-order valence-electron chi connectivity index (χ0n) is 12.7. The summed E-state index contributed by atoms with van der Waals surface area (Å²) in [5, 5.41) is 7.12. The van der Waals surface area contributed by atoms with Gasteiger partial charge in [-0.15, -0.1) is 0 Å². The average Bonchev–Trinajstić information content (AvgIpc) is 2.58. The fourth-order valence-electron chi connectivity index (χ4n) is 1.82. The van der Waals surface area contributed by atoms with Gasteiger partial charge in [0.15, 0.2) is 0 Å². The van der Waals surface area contributed by atoms with Crippen molar-refractivity contribution < 1.29 is 9.53 Å². The van der Waals surface area contributed by atoms with Crippen LogP contribution in [0.2, 0.25) is 0 Å². The first-order chi connectivity index (χ1) is 10.7. The lowest BCUT2D eigenvalue weighted by Gasteiger charge is -2.06. The molecular formula is C17H19N3O2. The maximum Gasteiger partial charge on any atom is 0.259 e. The maximum absolute atomic E-state index is 11.8. The van der Waals surface area contributed by atoms with Crippen LogP contribution in [0.4, 0.5) is 5.69 Å². The lowest BCUT2D eigenvalue weighted by Crippen LogP contribution is -2.26. The summed E-state index contributed by atoms with van der Waals surface area (Å²) in [5.74, 6) is 0.587. The summed E-state index contributed by atoms with van der Waals surface area (Å²) in [6.45, 7) is 2.01. The number of ether oxygens (including phenoxy) is 1. The molecule has 0 fully saturated rings. The second-order valence-electron chi connectivity index (χ2n) is 4.68. The summed E-state index contributed by atoms with van der Waals surface area (Å²) in [4.78, 5) is 11.8. The molecule has 1 amide bonds. The van der Waals surface area contributed by atoms with Crippen LogP contribution in [-0.4, -0.2) is 25.3 Å². The Morgan fingerprint density at radius 3 is 2.41 bits per heavy atom. The summed E-state index contributed by atoms with van der Waals surface area (Å²) < 4.78 is 5.10. The molecule has 2 N–H and O–H groups in total. The first-order valence-electron chi connectivity index (χ1n) is 6.95. The minimum atomic E-state index is -0.197. The lowest BCUT2D eigenvalue weighted by atomic mass is 10.1. The van der Waals surface area contributed by atoms with Gasteiger partial charge in [-0.25, -0.2) is 5.43 Å². The van der Waals surface area contributed by atoms with Gasteiger partial charge in [0.05, 0.1) is 19.4 Å². The molecule has 0 aromatic heterocycles. The van der Waals surface area contributed by atoms with Crippen LogP contribution in [0.25, 0.3) is 0 Å². The molecule has 0 heterocycles. The van der Waals surface area contributed by atoms with Crippen molar-refractivity contribution in [2.75, 3.05) is 19.0 Å². The third-order valence-corrected chi connectivity index (χ3v) is 3.08. The number of rotatable bonds is 6. The number of methoxy groups -OCH3 is 1. The first kappa shape index (κ1) is 15.6. The Balaban J connectivity index is 1.85. The highest BCUT2D eigenvalue weighted by Crippen LogP contribution is 2.11. The molecule has 2 aromatic carbocycles. The molecule has 0 saturated heterocycles. The minimum absolute atomic E-state index is 0.170. The number of carbonyl (C=O) groups excluding carboxylic acids is 1. The Morgan fingerprint density at radius 2 is 1.77 bits per heavy atom. The summed E-state index contributed by atoms with van der Waals surface area (Å²) in [5.41, 5.74) is 5.09. The van der Waals surface area contributed by atoms with Gasteiger partial charge in [0.2, 0.25) is 0 Å². The van der Waals surface area contributed by atoms with Gasteiger partial charge < -0.3 is 10.1 Å². The molecule has 0 saturated carbocycles. The fraction of sp³-hybridized carbons (Fsp3) is 0.176. The maximum atomic E-state index is 11.8. The molecule has 2 aromatic rings. The van der Waals surface area contributed by atoms with E-state index in [2.05, 4.69) is 15.8 Å². The Labute approximate surface area is 130 Å². The lowest BCUT2D eigenvalue weighted by molar-refractivity contribution is -0.119. The smallest absolute Gasteiger partial charge is 0.259 e.